The molecule has 1 amide bonds. The average molecular weight is 384 g/mol. The molecule has 0 saturated carbocycles. The number of carbonyl (C=O) groups excluding carboxylic acids is 1. The van der Waals surface area contributed by atoms with Gasteiger partial charge >= 0.3 is 0 Å². The number of rotatable bonds is 8. The third kappa shape index (κ3) is 4.85. The summed E-state index contributed by atoms with van der Waals surface area (Å²) in [5.74, 6) is 1.20. The number of carbonyl (C=O) groups is 1. The van der Waals surface area contributed by atoms with Crippen LogP contribution in [0.1, 0.15) is 15.2 Å². The first kappa shape index (κ1) is 18.5. The molecule has 0 unspecified atom stereocenters. The number of thiophene rings is 1. The summed E-state index contributed by atoms with van der Waals surface area (Å²) in [7, 11) is 1.57. The molecule has 1 aromatic carbocycles. The first-order chi connectivity index (χ1) is 13.2. The lowest BCUT2D eigenvalue weighted by molar-refractivity contribution is 0.0962. The van der Waals surface area contributed by atoms with Crippen molar-refractivity contribution in [1.29, 1.82) is 0 Å². The number of amides is 1. The molecule has 3 aromatic rings. The monoisotopic (exact) mass is 384 g/mol. The van der Waals surface area contributed by atoms with Crippen molar-refractivity contribution in [3.63, 3.8) is 0 Å². The number of aromatic nitrogens is 2. The Kier molecular flexibility index (Phi) is 6.06. The van der Waals surface area contributed by atoms with Gasteiger partial charge in [0.15, 0.2) is 11.6 Å². The van der Waals surface area contributed by atoms with Crippen LogP contribution in [0.25, 0.3) is 0 Å². The topological polar surface area (TPSA) is 114 Å². The number of nitrogens with one attached hydrogen (secondary N) is 3. The highest BCUT2D eigenvalue weighted by atomic mass is 32.1. The van der Waals surface area contributed by atoms with Crippen LogP contribution < -0.4 is 26.6 Å². The number of hydrogen-bond donors (Lipinski definition) is 4. The summed E-state index contributed by atoms with van der Waals surface area (Å²) >= 11 is 1.71. The normalized spacial score (nSPS) is 10.3. The van der Waals surface area contributed by atoms with Crippen LogP contribution in [0.3, 0.4) is 0 Å². The third-order valence-electron chi connectivity index (χ3n) is 3.77. The number of methoxy groups -OCH3 is 1. The van der Waals surface area contributed by atoms with Gasteiger partial charge in [-0.3, -0.25) is 15.6 Å². The number of nitrogen functional groups attached to an aromatic ring is 1. The van der Waals surface area contributed by atoms with E-state index in [4.69, 9.17) is 10.5 Å². The van der Waals surface area contributed by atoms with Gasteiger partial charge in [-0.25, -0.2) is 9.97 Å². The predicted molar refractivity (Wildman–Crippen MR) is 107 cm³/mol. The van der Waals surface area contributed by atoms with Crippen molar-refractivity contribution in [2.24, 2.45) is 0 Å². The minimum atomic E-state index is -0.317. The molecule has 0 aliphatic carbocycles. The highest BCUT2D eigenvalue weighted by molar-refractivity contribution is 7.09. The molecule has 0 fully saturated rings. The van der Waals surface area contributed by atoms with Gasteiger partial charge in [0.25, 0.3) is 5.91 Å². The van der Waals surface area contributed by atoms with E-state index in [1.807, 2.05) is 11.4 Å². The first-order valence-corrected chi connectivity index (χ1v) is 9.12. The highest BCUT2D eigenvalue weighted by Crippen LogP contribution is 2.22. The molecule has 27 heavy (non-hydrogen) atoms. The van der Waals surface area contributed by atoms with E-state index in [1.165, 1.54) is 11.2 Å². The van der Waals surface area contributed by atoms with Gasteiger partial charge in [-0.15, -0.1) is 11.3 Å². The smallest absolute Gasteiger partial charge is 0.269 e. The van der Waals surface area contributed by atoms with Crippen molar-refractivity contribution < 1.29 is 9.53 Å². The van der Waals surface area contributed by atoms with E-state index >= 15 is 0 Å². The average Bonchev–Trinajstić information content (AvgIpc) is 3.21. The van der Waals surface area contributed by atoms with Gasteiger partial charge in [-0.2, -0.15) is 0 Å². The maximum atomic E-state index is 12.2. The number of hydrogen-bond acceptors (Lipinski definition) is 8. The minimum absolute atomic E-state index is 0.317. The molecule has 2 heterocycles. The summed E-state index contributed by atoms with van der Waals surface area (Å²) < 4.78 is 5.08. The Bertz CT molecular complexity index is 883. The molecular weight excluding hydrogens is 364 g/mol. The molecule has 0 radical (unpaired) electrons. The zero-order valence-electron chi connectivity index (χ0n) is 14.7. The summed E-state index contributed by atoms with van der Waals surface area (Å²) in [6.45, 7) is 0.694. The summed E-state index contributed by atoms with van der Waals surface area (Å²) in [6.07, 6.45) is 2.25. The Labute approximate surface area is 160 Å². The standard InChI is InChI=1S/C18H20N6O2S/c1-26-13-6-4-12(5-7-13)18(25)24-23-17-15(19)16(21-11-22-17)20-9-8-14-3-2-10-27-14/h2-7,10-11H,8-9,19H2,1H3,(H,24,25)(H2,20,21,22,23). The molecule has 0 spiro atoms. The maximum absolute atomic E-state index is 12.2. The molecule has 8 nitrogen and oxygen atoms in total. The van der Waals surface area contributed by atoms with Gasteiger partial charge in [0.2, 0.25) is 0 Å². The number of ether oxygens (including phenoxy) is 1. The van der Waals surface area contributed by atoms with E-state index in [-0.39, 0.29) is 5.91 Å². The van der Waals surface area contributed by atoms with Crippen molar-refractivity contribution in [3.05, 3.63) is 58.5 Å². The van der Waals surface area contributed by atoms with Crippen LogP contribution in [0, 0.1) is 0 Å². The Morgan fingerprint density at radius 1 is 1.19 bits per heavy atom. The lowest BCUT2D eigenvalue weighted by atomic mass is 10.2. The SMILES string of the molecule is COc1ccc(C(=O)NNc2ncnc(NCCc3cccs3)c2N)cc1. The quantitative estimate of drug-likeness (QED) is 0.441. The summed E-state index contributed by atoms with van der Waals surface area (Å²) in [4.78, 5) is 21.7. The zero-order valence-corrected chi connectivity index (χ0v) is 15.5. The maximum Gasteiger partial charge on any atom is 0.269 e. The zero-order chi connectivity index (χ0) is 19.1. The second-order valence-electron chi connectivity index (χ2n) is 5.55. The van der Waals surface area contributed by atoms with Gasteiger partial charge in [0, 0.05) is 17.0 Å². The molecule has 0 saturated heterocycles. The predicted octanol–water partition coefficient (Wildman–Crippen LogP) is 2.54. The molecular formula is C18H20N6O2S. The summed E-state index contributed by atoms with van der Waals surface area (Å²) in [6, 6.07) is 10.9. The first-order valence-electron chi connectivity index (χ1n) is 8.24. The number of nitrogens with zero attached hydrogens (tertiary/aromatic N) is 2. The van der Waals surface area contributed by atoms with E-state index in [1.54, 1.807) is 42.7 Å². The fourth-order valence-electron chi connectivity index (χ4n) is 2.33. The van der Waals surface area contributed by atoms with Crippen molar-refractivity contribution in [2.75, 3.05) is 30.1 Å². The number of anilines is 3. The Morgan fingerprint density at radius 2 is 1.96 bits per heavy atom. The van der Waals surface area contributed by atoms with Gasteiger partial charge in [0.05, 0.1) is 7.11 Å². The van der Waals surface area contributed by atoms with Crippen molar-refractivity contribution >= 4 is 34.6 Å². The number of nitrogens with two attached hydrogens (primary N) is 1. The summed E-state index contributed by atoms with van der Waals surface area (Å²) in [5, 5.41) is 5.23. The van der Waals surface area contributed by atoms with Crippen LogP contribution in [0.4, 0.5) is 17.3 Å². The molecule has 5 N–H and O–H groups in total. The lowest BCUT2D eigenvalue weighted by Crippen LogP contribution is -2.30. The highest BCUT2D eigenvalue weighted by Gasteiger charge is 2.10. The van der Waals surface area contributed by atoms with Gasteiger partial charge in [-0.1, -0.05) is 6.07 Å². The van der Waals surface area contributed by atoms with E-state index in [0.29, 0.717) is 35.2 Å². The molecule has 0 aliphatic heterocycles. The van der Waals surface area contributed by atoms with Crippen LogP contribution in [-0.4, -0.2) is 29.5 Å². The van der Waals surface area contributed by atoms with Gasteiger partial charge < -0.3 is 15.8 Å². The molecule has 0 aliphatic rings. The fourth-order valence-corrected chi connectivity index (χ4v) is 3.03. The molecule has 140 valence electrons. The van der Waals surface area contributed by atoms with Crippen molar-refractivity contribution in [1.82, 2.24) is 15.4 Å². The van der Waals surface area contributed by atoms with Crippen LogP contribution in [0.15, 0.2) is 48.1 Å². The number of benzene rings is 1. The fraction of sp³-hybridized carbons (Fsp3) is 0.167. The molecule has 0 bridgehead atoms. The van der Waals surface area contributed by atoms with E-state index in [9.17, 15) is 4.79 Å². The van der Waals surface area contributed by atoms with Crippen LogP contribution in [-0.2, 0) is 6.42 Å². The van der Waals surface area contributed by atoms with E-state index in [2.05, 4.69) is 32.2 Å². The second-order valence-corrected chi connectivity index (χ2v) is 6.58. The van der Waals surface area contributed by atoms with Gasteiger partial charge in [0.1, 0.15) is 17.8 Å². The number of hydrazine groups is 1. The van der Waals surface area contributed by atoms with Crippen LogP contribution in [0.2, 0.25) is 0 Å². The molecule has 0 atom stereocenters. The Morgan fingerprint density at radius 3 is 2.67 bits per heavy atom. The summed E-state index contributed by atoms with van der Waals surface area (Å²) in [5.41, 5.74) is 12.2. The van der Waals surface area contributed by atoms with E-state index < -0.39 is 0 Å². The molecule has 9 heteroatoms. The second kappa shape index (κ2) is 8.86. The van der Waals surface area contributed by atoms with Gasteiger partial charge in [-0.05, 0) is 42.1 Å². The lowest BCUT2D eigenvalue weighted by Gasteiger charge is -2.13. The largest absolute Gasteiger partial charge is 0.497 e. The molecule has 2 aromatic heterocycles. The van der Waals surface area contributed by atoms with Crippen LogP contribution >= 0.6 is 11.3 Å². The minimum Gasteiger partial charge on any atom is -0.497 e. The third-order valence-corrected chi connectivity index (χ3v) is 4.71. The Hall–Kier alpha value is -3.33. The van der Waals surface area contributed by atoms with Crippen molar-refractivity contribution in [2.45, 2.75) is 6.42 Å². The van der Waals surface area contributed by atoms with Crippen LogP contribution in [0.5, 0.6) is 5.75 Å². The Balaban J connectivity index is 1.57. The molecule has 3 rings (SSSR count). The van der Waals surface area contributed by atoms with Crippen molar-refractivity contribution in [3.8, 4) is 5.75 Å². The van der Waals surface area contributed by atoms with E-state index in [0.717, 1.165) is 6.42 Å².